The highest BCUT2D eigenvalue weighted by molar-refractivity contribution is 5.14. The zero-order valence-electron chi connectivity index (χ0n) is 12.0. The van der Waals surface area contributed by atoms with Crippen LogP contribution in [0.25, 0.3) is 0 Å². The lowest BCUT2D eigenvalue weighted by Gasteiger charge is -2.17. The third-order valence-electron chi connectivity index (χ3n) is 3.02. The molecular formula is C14H21N5. The Hall–Kier alpha value is -1.75. The van der Waals surface area contributed by atoms with E-state index in [1.54, 1.807) is 0 Å². The van der Waals surface area contributed by atoms with E-state index in [0.29, 0.717) is 6.54 Å². The highest BCUT2D eigenvalue weighted by Crippen LogP contribution is 2.13. The Morgan fingerprint density at radius 2 is 1.95 bits per heavy atom. The summed E-state index contributed by atoms with van der Waals surface area (Å²) in [6.07, 6.45) is 5.61. The first-order valence-electron chi connectivity index (χ1n) is 6.52. The number of hydrogen-bond acceptors (Lipinski definition) is 4. The van der Waals surface area contributed by atoms with Crippen LogP contribution >= 0.6 is 0 Å². The smallest absolute Gasteiger partial charge is 0.0965 e. The van der Waals surface area contributed by atoms with Crippen molar-refractivity contribution in [3.63, 3.8) is 0 Å². The van der Waals surface area contributed by atoms with Gasteiger partial charge in [0.05, 0.1) is 17.4 Å². The minimum atomic E-state index is -0.0258. The first kappa shape index (κ1) is 13.7. The summed E-state index contributed by atoms with van der Waals surface area (Å²) in [5.74, 6) is 0. The second-order valence-electron chi connectivity index (χ2n) is 5.71. The number of nitrogens with one attached hydrogen (secondary N) is 1. The summed E-state index contributed by atoms with van der Waals surface area (Å²) in [6, 6.07) is 4.30. The zero-order chi connectivity index (χ0) is 13.9. The van der Waals surface area contributed by atoms with Gasteiger partial charge in [0.2, 0.25) is 0 Å². The summed E-state index contributed by atoms with van der Waals surface area (Å²) in [5.41, 5.74) is 2.15. The van der Waals surface area contributed by atoms with Gasteiger partial charge in [-0.3, -0.25) is 4.98 Å². The minimum absolute atomic E-state index is 0.0258. The molecule has 0 bridgehead atoms. The van der Waals surface area contributed by atoms with Crippen molar-refractivity contribution in [2.75, 3.05) is 0 Å². The van der Waals surface area contributed by atoms with Gasteiger partial charge in [-0.25, -0.2) is 4.68 Å². The molecule has 0 radical (unpaired) electrons. The molecule has 1 unspecified atom stereocenters. The minimum Gasteiger partial charge on any atom is -0.304 e. The van der Waals surface area contributed by atoms with Crippen molar-refractivity contribution in [3.05, 3.63) is 42.0 Å². The molecule has 0 amide bonds. The number of nitrogens with zero attached hydrogens (tertiary/aromatic N) is 4. The monoisotopic (exact) mass is 259 g/mol. The molecule has 0 fully saturated rings. The van der Waals surface area contributed by atoms with Crippen LogP contribution in [0.15, 0.2) is 30.7 Å². The van der Waals surface area contributed by atoms with Crippen LogP contribution in [0.1, 0.15) is 45.0 Å². The average molecular weight is 259 g/mol. The summed E-state index contributed by atoms with van der Waals surface area (Å²) in [6.45, 7) is 9.17. The summed E-state index contributed by atoms with van der Waals surface area (Å²) >= 11 is 0. The third-order valence-corrected chi connectivity index (χ3v) is 3.02. The lowest BCUT2D eigenvalue weighted by molar-refractivity contribution is 0.347. The van der Waals surface area contributed by atoms with E-state index in [-0.39, 0.29) is 11.6 Å². The number of hydrogen-bond donors (Lipinski definition) is 1. The van der Waals surface area contributed by atoms with Gasteiger partial charge in [0.15, 0.2) is 0 Å². The van der Waals surface area contributed by atoms with Gasteiger partial charge in [0.1, 0.15) is 0 Å². The highest BCUT2D eigenvalue weighted by Gasteiger charge is 2.15. The molecule has 102 valence electrons. The van der Waals surface area contributed by atoms with Gasteiger partial charge in [0.25, 0.3) is 0 Å². The average Bonchev–Trinajstić information content (AvgIpc) is 2.86. The lowest BCUT2D eigenvalue weighted by atomic mass is 10.1. The zero-order valence-corrected chi connectivity index (χ0v) is 12.0. The lowest BCUT2D eigenvalue weighted by Crippen LogP contribution is -2.22. The van der Waals surface area contributed by atoms with Gasteiger partial charge in [-0.1, -0.05) is 5.21 Å². The molecule has 0 aliphatic rings. The van der Waals surface area contributed by atoms with Crippen molar-refractivity contribution < 1.29 is 0 Å². The predicted molar refractivity (Wildman–Crippen MR) is 74.5 cm³/mol. The molecule has 19 heavy (non-hydrogen) atoms. The standard InChI is InChI=1S/C14H21N5/c1-11(12-5-7-15-8-6-12)16-9-13-10-19(18-17-13)14(2,3)4/h5-8,10-11,16H,9H2,1-4H3. The maximum atomic E-state index is 4.19. The molecule has 0 aliphatic heterocycles. The Kier molecular flexibility index (Phi) is 3.95. The SMILES string of the molecule is CC(NCc1cn(C(C)(C)C)nn1)c1ccncc1. The number of pyridine rings is 1. The van der Waals surface area contributed by atoms with E-state index in [1.807, 2.05) is 35.4 Å². The number of rotatable bonds is 4. The molecule has 0 spiro atoms. The van der Waals surface area contributed by atoms with Crippen LogP contribution in [-0.2, 0) is 12.1 Å². The van der Waals surface area contributed by atoms with Gasteiger partial charge in [0, 0.05) is 25.0 Å². The molecule has 1 N–H and O–H groups in total. The van der Waals surface area contributed by atoms with Gasteiger partial charge in [-0.05, 0) is 45.4 Å². The van der Waals surface area contributed by atoms with E-state index in [1.165, 1.54) is 5.56 Å². The fourth-order valence-corrected chi connectivity index (χ4v) is 1.73. The fourth-order valence-electron chi connectivity index (χ4n) is 1.73. The van der Waals surface area contributed by atoms with E-state index in [2.05, 4.69) is 48.3 Å². The molecule has 0 saturated heterocycles. The van der Waals surface area contributed by atoms with Crippen LogP contribution in [0, 0.1) is 0 Å². The molecule has 2 heterocycles. The van der Waals surface area contributed by atoms with E-state index < -0.39 is 0 Å². The van der Waals surface area contributed by atoms with Gasteiger partial charge < -0.3 is 5.32 Å². The molecule has 2 aromatic heterocycles. The van der Waals surface area contributed by atoms with Crippen LogP contribution in [0.3, 0.4) is 0 Å². The Morgan fingerprint density at radius 3 is 2.53 bits per heavy atom. The second-order valence-corrected chi connectivity index (χ2v) is 5.71. The van der Waals surface area contributed by atoms with Gasteiger partial charge in [-0.15, -0.1) is 5.10 Å². The van der Waals surface area contributed by atoms with Crippen molar-refractivity contribution in [3.8, 4) is 0 Å². The topological polar surface area (TPSA) is 55.6 Å². The molecule has 2 aromatic rings. The Labute approximate surface area is 114 Å². The van der Waals surface area contributed by atoms with Crippen LogP contribution in [0.4, 0.5) is 0 Å². The third kappa shape index (κ3) is 3.61. The normalized spacial score (nSPS) is 13.5. The Balaban J connectivity index is 1.94. The highest BCUT2D eigenvalue weighted by atomic mass is 15.4. The van der Waals surface area contributed by atoms with E-state index in [4.69, 9.17) is 0 Å². The largest absolute Gasteiger partial charge is 0.304 e. The van der Waals surface area contributed by atoms with Gasteiger partial charge in [-0.2, -0.15) is 0 Å². The maximum absolute atomic E-state index is 4.19. The molecule has 2 rings (SSSR count). The first-order chi connectivity index (χ1) is 8.97. The van der Waals surface area contributed by atoms with Crippen LogP contribution in [0.5, 0.6) is 0 Å². The van der Waals surface area contributed by atoms with Crippen LogP contribution in [-0.4, -0.2) is 20.0 Å². The molecular weight excluding hydrogens is 238 g/mol. The Morgan fingerprint density at radius 1 is 1.26 bits per heavy atom. The summed E-state index contributed by atoms with van der Waals surface area (Å²) in [4.78, 5) is 4.02. The van der Waals surface area contributed by atoms with E-state index in [9.17, 15) is 0 Å². The molecule has 1 atom stereocenters. The van der Waals surface area contributed by atoms with Crippen LogP contribution in [0.2, 0.25) is 0 Å². The summed E-state index contributed by atoms with van der Waals surface area (Å²) in [7, 11) is 0. The predicted octanol–water partition coefficient (Wildman–Crippen LogP) is 2.28. The van der Waals surface area contributed by atoms with Crippen molar-refractivity contribution >= 4 is 0 Å². The first-order valence-corrected chi connectivity index (χ1v) is 6.52. The Bertz CT molecular complexity index is 512. The quantitative estimate of drug-likeness (QED) is 0.915. The molecule has 5 nitrogen and oxygen atoms in total. The molecule has 0 aliphatic carbocycles. The molecule has 0 aromatic carbocycles. The molecule has 0 saturated carbocycles. The second kappa shape index (κ2) is 5.48. The maximum Gasteiger partial charge on any atom is 0.0965 e. The van der Waals surface area contributed by atoms with Crippen molar-refractivity contribution in [1.29, 1.82) is 0 Å². The fraction of sp³-hybridized carbons (Fsp3) is 0.500. The van der Waals surface area contributed by atoms with E-state index in [0.717, 1.165) is 5.69 Å². The summed E-state index contributed by atoms with van der Waals surface area (Å²) in [5, 5.41) is 11.8. The summed E-state index contributed by atoms with van der Waals surface area (Å²) < 4.78 is 1.89. The van der Waals surface area contributed by atoms with Crippen LogP contribution < -0.4 is 5.32 Å². The van der Waals surface area contributed by atoms with Crippen molar-refractivity contribution in [2.45, 2.75) is 45.8 Å². The molecule has 5 heteroatoms. The van der Waals surface area contributed by atoms with Crippen molar-refractivity contribution in [1.82, 2.24) is 25.3 Å². The van der Waals surface area contributed by atoms with Crippen molar-refractivity contribution in [2.24, 2.45) is 0 Å². The number of aromatic nitrogens is 4. The van der Waals surface area contributed by atoms with E-state index >= 15 is 0 Å². The van der Waals surface area contributed by atoms with Gasteiger partial charge >= 0.3 is 0 Å².